The van der Waals surface area contributed by atoms with Crippen LogP contribution in [-0.2, 0) is 4.79 Å². The number of methoxy groups -OCH3 is 1. The highest BCUT2D eigenvalue weighted by atomic mass is 16.5. The minimum absolute atomic E-state index is 0.0668. The summed E-state index contributed by atoms with van der Waals surface area (Å²) in [7, 11) is 3.56. The van der Waals surface area contributed by atoms with Gasteiger partial charge in [-0.25, -0.2) is 9.67 Å². The molecule has 7 nitrogen and oxygen atoms in total. The van der Waals surface area contributed by atoms with Crippen LogP contribution in [0, 0.1) is 0 Å². The third-order valence-electron chi connectivity index (χ3n) is 4.84. The Morgan fingerprint density at radius 3 is 2.61 bits per heavy atom. The van der Waals surface area contributed by atoms with Gasteiger partial charge in [0.25, 0.3) is 0 Å². The van der Waals surface area contributed by atoms with Crippen LogP contribution in [0.3, 0.4) is 0 Å². The summed E-state index contributed by atoms with van der Waals surface area (Å²) < 4.78 is 6.99. The predicted octanol–water partition coefficient (Wildman–Crippen LogP) is 2.61. The van der Waals surface area contributed by atoms with Gasteiger partial charge in [-0.1, -0.05) is 30.3 Å². The van der Waals surface area contributed by atoms with Gasteiger partial charge in [-0.3, -0.25) is 14.6 Å². The third-order valence-corrected chi connectivity index (χ3v) is 4.84. The fourth-order valence-corrected chi connectivity index (χ4v) is 3.39. The van der Waals surface area contributed by atoms with Crippen molar-refractivity contribution in [1.29, 1.82) is 0 Å². The molecule has 0 N–H and O–H groups in total. The van der Waals surface area contributed by atoms with E-state index >= 15 is 0 Å². The first-order chi connectivity index (χ1) is 13.7. The lowest BCUT2D eigenvalue weighted by atomic mass is 10.1. The predicted molar refractivity (Wildman–Crippen MR) is 108 cm³/mol. The number of rotatable bonds is 4. The summed E-state index contributed by atoms with van der Waals surface area (Å²) in [6, 6.07) is 15.7. The normalized spacial score (nSPS) is 15.5. The number of aromatic nitrogens is 3. The topological polar surface area (TPSA) is 63.5 Å². The summed E-state index contributed by atoms with van der Waals surface area (Å²) in [6.07, 6.45) is 2.64. The van der Waals surface area contributed by atoms with Crippen molar-refractivity contribution in [2.24, 2.45) is 0 Å². The van der Waals surface area contributed by atoms with Crippen molar-refractivity contribution in [3.05, 3.63) is 54.7 Å². The fraction of sp³-hybridized carbons (Fsp3) is 0.286. The number of ether oxygens (including phenoxy) is 1. The van der Waals surface area contributed by atoms with Crippen molar-refractivity contribution in [2.75, 3.05) is 38.7 Å². The molecule has 1 amide bonds. The first-order valence-corrected chi connectivity index (χ1v) is 9.30. The Labute approximate surface area is 164 Å². The Morgan fingerprint density at radius 2 is 1.89 bits per heavy atom. The highest BCUT2D eigenvalue weighted by molar-refractivity contribution is 5.94. The van der Waals surface area contributed by atoms with Gasteiger partial charge in [-0.15, -0.1) is 5.10 Å². The van der Waals surface area contributed by atoms with E-state index in [0.717, 1.165) is 29.9 Å². The molecule has 144 valence electrons. The molecule has 0 unspecified atom stereocenters. The smallest absolute Gasteiger partial charge is 0.242 e. The molecule has 0 spiro atoms. The van der Waals surface area contributed by atoms with Crippen molar-refractivity contribution < 1.29 is 9.53 Å². The van der Waals surface area contributed by atoms with Crippen LogP contribution in [0.4, 0.5) is 5.82 Å². The summed E-state index contributed by atoms with van der Waals surface area (Å²) >= 11 is 0. The second-order valence-corrected chi connectivity index (χ2v) is 6.86. The zero-order chi connectivity index (χ0) is 19.5. The molecule has 3 heterocycles. The van der Waals surface area contributed by atoms with E-state index in [2.05, 4.69) is 4.98 Å². The average Bonchev–Trinajstić information content (AvgIpc) is 3.09. The van der Waals surface area contributed by atoms with Gasteiger partial charge in [0.05, 0.1) is 31.2 Å². The molecule has 1 aliphatic heterocycles. The molecular formula is C21H23N5O2. The van der Waals surface area contributed by atoms with E-state index in [9.17, 15) is 4.79 Å². The zero-order valence-corrected chi connectivity index (χ0v) is 16.1. The quantitative estimate of drug-likeness (QED) is 0.699. The van der Waals surface area contributed by atoms with Crippen LogP contribution in [0.1, 0.15) is 6.42 Å². The van der Waals surface area contributed by atoms with Crippen molar-refractivity contribution >= 4 is 11.7 Å². The molecule has 0 radical (unpaired) electrons. The van der Waals surface area contributed by atoms with Crippen LogP contribution in [0.5, 0.6) is 5.88 Å². The highest BCUT2D eigenvalue weighted by Crippen LogP contribution is 2.28. The molecule has 0 saturated carbocycles. The second-order valence-electron chi connectivity index (χ2n) is 6.86. The zero-order valence-electron chi connectivity index (χ0n) is 16.1. The summed E-state index contributed by atoms with van der Waals surface area (Å²) in [5.74, 6) is 1.27. The number of carbonyl (C=O) groups is 1. The molecule has 0 aliphatic carbocycles. The molecule has 2 aromatic heterocycles. The molecule has 4 rings (SSSR count). The lowest BCUT2D eigenvalue weighted by Gasteiger charge is -2.17. The van der Waals surface area contributed by atoms with E-state index in [-0.39, 0.29) is 5.91 Å². The van der Waals surface area contributed by atoms with Crippen LogP contribution in [-0.4, -0.2) is 59.4 Å². The van der Waals surface area contributed by atoms with Gasteiger partial charge in [0, 0.05) is 30.8 Å². The maximum Gasteiger partial charge on any atom is 0.242 e. The number of hydrogen-bond donors (Lipinski definition) is 0. The largest absolute Gasteiger partial charge is 0.481 e. The Hall–Kier alpha value is -3.19. The van der Waals surface area contributed by atoms with Gasteiger partial charge < -0.3 is 4.74 Å². The van der Waals surface area contributed by atoms with Crippen LogP contribution in [0.15, 0.2) is 54.7 Å². The average molecular weight is 377 g/mol. The number of anilines is 1. The minimum Gasteiger partial charge on any atom is -0.481 e. The number of pyridine rings is 1. The molecule has 28 heavy (non-hydrogen) atoms. The maximum atomic E-state index is 12.7. The van der Waals surface area contributed by atoms with Crippen molar-refractivity contribution in [3.8, 4) is 22.8 Å². The highest BCUT2D eigenvalue weighted by Gasteiger charge is 2.24. The third kappa shape index (κ3) is 3.61. The number of amides is 1. The van der Waals surface area contributed by atoms with Crippen LogP contribution in [0.25, 0.3) is 16.9 Å². The first kappa shape index (κ1) is 18.2. The van der Waals surface area contributed by atoms with E-state index in [1.165, 1.54) is 0 Å². The van der Waals surface area contributed by atoms with Crippen molar-refractivity contribution in [1.82, 2.24) is 19.7 Å². The van der Waals surface area contributed by atoms with E-state index in [1.807, 2.05) is 59.1 Å². The van der Waals surface area contributed by atoms with Gasteiger partial charge in [0.15, 0.2) is 5.82 Å². The van der Waals surface area contributed by atoms with Gasteiger partial charge >= 0.3 is 0 Å². The van der Waals surface area contributed by atoms with E-state index < -0.39 is 0 Å². The Balaban J connectivity index is 1.79. The number of benzene rings is 1. The van der Waals surface area contributed by atoms with Crippen LogP contribution >= 0.6 is 0 Å². The van der Waals surface area contributed by atoms with Gasteiger partial charge in [-0.2, -0.15) is 0 Å². The van der Waals surface area contributed by atoms with Gasteiger partial charge in [-0.05, 0) is 19.5 Å². The van der Waals surface area contributed by atoms with E-state index in [1.54, 1.807) is 24.3 Å². The van der Waals surface area contributed by atoms with Crippen LogP contribution < -0.4 is 9.64 Å². The molecule has 1 saturated heterocycles. The van der Waals surface area contributed by atoms with Gasteiger partial charge in [0.2, 0.25) is 11.8 Å². The Bertz CT molecular complexity index is 953. The Kier molecular flexibility index (Phi) is 5.08. The molecule has 0 atom stereocenters. The molecule has 1 aromatic carbocycles. The standard InChI is InChI=1S/C21H23N5O2/c1-24-11-6-12-25(21(27)15-24)19-13-18(16-7-4-3-5-8-16)26(23-19)17-9-10-20(28-2)22-14-17/h3-5,7-10,13-14H,6,11-12,15H2,1-2H3. The minimum atomic E-state index is 0.0668. The molecule has 0 bridgehead atoms. The monoisotopic (exact) mass is 377 g/mol. The van der Waals surface area contributed by atoms with Crippen LogP contribution in [0.2, 0.25) is 0 Å². The molecule has 1 fully saturated rings. The lowest BCUT2D eigenvalue weighted by molar-refractivity contribution is -0.118. The van der Waals surface area contributed by atoms with Gasteiger partial charge in [0.1, 0.15) is 0 Å². The van der Waals surface area contributed by atoms with E-state index in [0.29, 0.717) is 24.8 Å². The molecule has 7 heteroatoms. The SMILES string of the molecule is COc1ccc(-n2nc(N3CCCN(C)CC3=O)cc2-c2ccccc2)cn1. The maximum absolute atomic E-state index is 12.7. The first-order valence-electron chi connectivity index (χ1n) is 9.30. The van der Waals surface area contributed by atoms with E-state index in [4.69, 9.17) is 9.84 Å². The summed E-state index contributed by atoms with van der Waals surface area (Å²) in [4.78, 5) is 20.8. The number of nitrogens with zero attached hydrogens (tertiary/aromatic N) is 5. The summed E-state index contributed by atoms with van der Waals surface area (Å²) in [6.45, 7) is 1.96. The number of likely N-dealkylation sites (N-methyl/N-ethyl adjacent to an activating group) is 1. The van der Waals surface area contributed by atoms with Crippen molar-refractivity contribution in [2.45, 2.75) is 6.42 Å². The van der Waals surface area contributed by atoms with Crippen molar-refractivity contribution in [3.63, 3.8) is 0 Å². The number of carbonyl (C=O) groups excluding carboxylic acids is 1. The summed E-state index contributed by atoms with van der Waals surface area (Å²) in [5.41, 5.74) is 2.75. The molecule has 3 aromatic rings. The Morgan fingerprint density at radius 1 is 1.07 bits per heavy atom. The summed E-state index contributed by atoms with van der Waals surface area (Å²) in [5, 5.41) is 4.78. The lowest BCUT2D eigenvalue weighted by Crippen LogP contribution is -2.35. The fourth-order valence-electron chi connectivity index (χ4n) is 3.39. The number of hydrogen-bond acceptors (Lipinski definition) is 5. The second kappa shape index (κ2) is 7.82. The molecular weight excluding hydrogens is 354 g/mol. The molecule has 1 aliphatic rings.